The normalized spacial score (nSPS) is 14.3. The first-order valence-corrected chi connectivity index (χ1v) is 15.6. The molecule has 6 rings (SSSR count). The summed E-state index contributed by atoms with van der Waals surface area (Å²) in [6.07, 6.45) is 5.36. The molecule has 0 saturated carbocycles. The van der Waals surface area contributed by atoms with Crippen LogP contribution in [0.5, 0.6) is 0 Å². The number of nitrogens with one attached hydrogen (secondary N) is 1. The summed E-state index contributed by atoms with van der Waals surface area (Å²) in [6, 6.07) is 22.1. The van der Waals surface area contributed by atoms with Gasteiger partial charge in [0.1, 0.15) is 10.7 Å². The maximum absolute atomic E-state index is 13.0. The molecule has 0 radical (unpaired) electrons. The molecule has 8 nitrogen and oxygen atoms in total. The van der Waals surface area contributed by atoms with Gasteiger partial charge in [0.15, 0.2) is 11.0 Å². The minimum atomic E-state index is -0.111. The molecule has 0 atom stereocenters. The van der Waals surface area contributed by atoms with Gasteiger partial charge in [0.05, 0.1) is 11.4 Å². The molecule has 1 fully saturated rings. The van der Waals surface area contributed by atoms with Crippen LogP contribution in [0.15, 0.2) is 89.7 Å². The fraction of sp³-hybridized carbons (Fsp3) is 0.233. The van der Waals surface area contributed by atoms with E-state index in [0.29, 0.717) is 27.5 Å². The zero-order chi connectivity index (χ0) is 28.0. The van der Waals surface area contributed by atoms with Gasteiger partial charge in [-0.25, -0.2) is 4.98 Å². The maximum atomic E-state index is 13.0. The van der Waals surface area contributed by atoms with Crippen LogP contribution in [0.3, 0.4) is 0 Å². The van der Waals surface area contributed by atoms with Crippen LogP contribution in [0, 0.1) is 0 Å². The Morgan fingerprint density at radius 1 is 1.05 bits per heavy atom. The van der Waals surface area contributed by atoms with Gasteiger partial charge < -0.3 is 5.32 Å². The quantitative estimate of drug-likeness (QED) is 0.203. The number of piperidine rings is 1. The molecule has 0 bridgehead atoms. The van der Waals surface area contributed by atoms with Crippen LogP contribution in [0.2, 0.25) is 5.02 Å². The van der Waals surface area contributed by atoms with E-state index in [-0.39, 0.29) is 11.9 Å². The lowest BCUT2D eigenvalue weighted by Crippen LogP contribution is -2.44. The minimum Gasteiger partial charge on any atom is -0.348 e. The van der Waals surface area contributed by atoms with E-state index in [1.807, 2.05) is 52.4 Å². The number of pyridine rings is 1. The molecule has 1 amide bonds. The number of thiazole rings is 1. The molecular formula is C30H28ClN7OS2. The highest BCUT2D eigenvalue weighted by molar-refractivity contribution is 7.98. The van der Waals surface area contributed by atoms with Gasteiger partial charge >= 0.3 is 0 Å². The topological polar surface area (TPSA) is 88.8 Å². The second-order valence-electron chi connectivity index (χ2n) is 9.79. The van der Waals surface area contributed by atoms with E-state index < -0.39 is 0 Å². The zero-order valence-electron chi connectivity index (χ0n) is 22.2. The fourth-order valence-electron chi connectivity index (χ4n) is 4.84. The lowest BCUT2D eigenvalue weighted by atomic mass is 10.0. The van der Waals surface area contributed by atoms with Gasteiger partial charge in [-0.15, -0.1) is 21.5 Å². The molecule has 1 aliphatic heterocycles. The molecule has 2 aromatic carbocycles. The first-order chi connectivity index (χ1) is 20.1. The Morgan fingerprint density at radius 2 is 1.90 bits per heavy atom. The monoisotopic (exact) mass is 601 g/mol. The summed E-state index contributed by atoms with van der Waals surface area (Å²) < 4.78 is 1.97. The smallest absolute Gasteiger partial charge is 0.270 e. The number of hydrogen-bond donors (Lipinski definition) is 1. The van der Waals surface area contributed by atoms with Crippen molar-refractivity contribution in [1.82, 2.24) is 34.9 Å². The second kappa shape index (κ2) is 12.9. The van der Waals surface area contributed by atoms with Crippen molar-refractivity contribution in [2.45, 2.75) is 36.3 Å². The lowest BCUT2D eigenvalue weighted by molar-refractivity contribution is 0.0904. The highest BCUT2D eigenvalue weighted by Gasteiger charge is 2.23. The number of thioether (sulfide) groups is 1. The molecule has 1 saturated heterocycles. The van der Waals surface area contributed by atoms with Crippen LogP contribution in [0.25, 0.3) is 17.1 Å². The molecule has 11 heteroatoms. The molecule has 41 heavy (non-hydrogen) atoms. The average molecular weight is 602 g/mol. The van der Waals surface area contributed by atoms with Gasteiger partial charge in [-0.2, -0.15) is 0 Å². The third kappa shape index (κ3) is 6.84. The van der Waals surface area contributed by atoms with E-state index in [9.17, 15) is 4.79 Å². The fourth-order valence-corrected chi connectivity index (χ4v) is 6.77. The highest BCUT2D eigenvalue weighted by Crippen LogP contribution is 2.31. The van der Waals surface area contributed by atoms with Crippen molar-refractivity contribution < 1.29 is 4.79 Å². The Labute approximate surface area is 251 Å². The Kier molecular flexibility index (Phi) is 8.71. The SMILES string of the molecule is O=C(NC1CCN(Cc2ccccc2)CC1)c1csc(CSc2nnc(-c3cccnc3)n2-c2cccc(Cl)c2)n1. The third-order valence-corrected chi connectivity index (χ3v) is 9.11. The van der Waals surface area contributed by atoms with Crippen molar-refractivity contribution in [2.24, 2.45) is 0 Å². The third-order valence-electron chi connectivity index (χ3n) is 6.90. The summed E-state index contributed by atoms with van der Waals surface area (Å²) in [5.74, 6) is 1.12. The molecule has 4 heterocycles. The van der Waals surface area contributed by atoms with Gasteiger partial charge in [0.2, 0.25) is 0 Å². The lowest BCUT2D eigenvalue weighted by Gasteiger charge is -2.32. The molecule has 208 valence electrons. The average Bonchev–Trinajstić information content (AvgIpc) is 3.66. The van der Waals surface area contributed by atoms with Crippen LogP contribution in [-0.2, 0) is 12.3 Å². The Morgan fingerprint density at radius 3 is 2.68 bits per heavy atom. The zero-order valence-corrected chi connectivity index (χ0v) is 24.6. The summed E-state index contributed by atoms with van der Waals surface area (Å²) >= 11 is 9.30. The van der Waals surface area contributed by atoms with E-state index in [1.165, 1.54) is 28.7 Å². The predicted molar refractivity (Wildman–Crippen MR) is 163 cm³/mol. The molecular weight excluding hydrogens is 574 g/mol. The molecule has 3 aromatic heterocycles. The first-order valence-electron chi connectivity index (χ1n) is 13.4. The van der Waals surface area contributed by atoms with E-state index in [2.05, 4.69) is 54.6 Å². The summed E-state index contributed by atoms with van der Waals surface area (Å²) in [5.41, 5.74) is 3.50. The number of carbonyl (C=O) groups is 1. The Hall–Kier alpha value is -3.57. The molecule has 1 aliphatic rings. The van der Waals surface area contributed by atoms with Crippen LogP contribution in [0.4, 0.5) is 0 Å². The summed E-state index contributed by atoms with van der Waals surface area (Å²) in [6.45, 7) is 2.88. The van der Waals surface area contributed by atoms with Crippen LogP contribution < -0.4 is 5.32 Å². The number of rotatable bonds is 9. The van der Waals surface area contributed by atoms with Crippen LogP contribution in [-0.4, -0.2) is 54.7 Å². The number of hydrogen-bond acceptors (Lipinski definition) is 8. The van der Waals surface area contributed by atoms with E-state index in [4.69, 9.17) is 11.6 Å². The Balaban J connectivity index is 1.08. The number of aromatic nitrogens is 5. The summed E-state index contributed by atoms with van der Waals surface area (Å²) in [5, 5.41) is 16.1. The number of amides is 1. The van der Waals surface area contributed by atoms with Crippen molar-refractivity contribution in [3.8, 4) is 17.1 Å². The molecule has 0 unspecified atom stereocenters. The van der Waals surface area contributed by atoms with Crippen molar-refractivity contribution >= 4 is 40.6 Å². The van der Waals surface area contributed by atoms with Gasteiger partial charge in [0.25, 0.3) is 5.91 Å². The minimum absolute atomic E-state index is 0.111. The van der Waals surface area contributed by atoms with Gasteiger partial charge in [-0.3, -0.25) is 19.2 Å². The number of nitrogens with zero attached hydrogens (tertiary/aromatic N) is 6. The number of likely N-dealkylation sites (tertiary alicyclic amines) is 1. The van der Waals surface area contributed by atoms with Gasteiger partial charge in [-0.1, -0.05) is 59.8 Å². The van der Waals surface area contributed by atoms with Crippen molar-refractivity contribution in [1.29, 1.82) is 0 Å². The van der Waals surface area contributed by atoms with Crippen molar-refractivity contribution in [3.63, 3.8) is 0 Å². The maximum Gasteiger partial charge on any atom is 0.270 e. The highest BCUT2D eigenvalue weighted by atomic mass is 35.5. The van der Waals surface area contributed by atoms with Gasteiger partial charge in [0, 0.05) is 54.0 Å². The van der Waals surface area contributed by atoms with Crippen molar-refractivity contribution in [3.05, 3.63) is 106 Å². The standard InChI is InChI=1S/C30H28ClN7OS2/c31-23-9-4-10-25(16-23)38-28(22-8-5-13-32-17-22)35-36-30(38)41-20-27-34-26(19-40-27)29(39)33-24-11-14-37(15-12-24)18-21-6-2-1-3-7-21/h1-10,13,16-17,19,24H,11-12,14-15,18,20H2,(H,33,39). The van der Waals surface area contributed by atoms with E-state index in [1.54, 1.807) is 12.4 Å². The second-order valence-corrected chi connectivity index (χ2v) is 12.1. The summed E-state index contributed by atoms with van der Waals surface area (Å²) in [4.78, 5) is 24.3. The molecule has 0 spiro atoms. The number of benzene rings is 2. The number of carbonyl (C=O) groups excluding carboxylic acids is 1. The van der Waals surface area contributed by atoms with E-state index >= 15 is 0 Å². The first kappa shape index (κ1) is 27.6. The van der Waals surface area contributed by atoms with Crippen LogP contribution >= 0.6 is 34.7 Å². The molecule has 1 N–H and O–H groups in total. The predicted octanol–water partition coefficient (Wildman–Crippen LogP) is 6.13. The van der Waals surface area contributed by atoms with Crippen molar-refractivity contribution in [2.75, 3.05) is 13.1 Å². The van der Waals surface area contributed by atoms with E-state index in [0.717, 1.165) is 48.7 Å². The molecule has 5 aromatic rings. The summed E-state index contributed by atoms with van der Waals surface area (Å²) in [7, 11) is 0. The number of halogens is 1. The van der Waals surface area contributed by atoms with Crippen LogP contribution in [0.1, 0.15) is 33.9 Å². The Bertz CT molecular complexity index is 1600. The largest absolute Gasteiger partial charge is 0.348 e. The molecule has 0 aliphatic carbocycles. The van der Waals surface area contributed by atoms with Gasteiger partial charge in [-0.05, 0) is 48.7 Å².